The highest BCUT2D eigenvalue weighted by Gasteiger charge is 2.10. The average molecular weight is 449 g/mol. The number of amides is 3. The molecule has 172 valence electrons. The predicted octanol–water partition coefficient (Wildman–Crippen LogP) is 2.61. The highest BCUT2D eigenvalue weighted by Crippen LogP contribution is 2.16. The van der Waals surface area contributed by atoms with E-state index in [9.17, 15) is 14.4 Å². The van der Waals surface area contributed by atoms with Gasteiger partial charge in [0, 0.05) is 36.6 Å². The fourth-order valence-electron chi connectivity index (χ4n) is 3.34. The van der Waals surface area contributed by atoms with Gasteiger partial charge in [0.2, 0.25) is 17.7 Å². The first kappa shape index (κ1) is 23.6. The van der Waals surface area contributed by atoms with Crippen molar-refractivity contribution in [3.8, 4) is 0 Å². The molecule has 0 radical (unpaired) electrons. The summed E-state index contributed by atoms with van der Waals surface area (Å²) < 4.78 is 1.77. The van der Waals surface area contributed by atoms with Gasteiger partial charge in [0.1, 0.15) is 5.69 Å². The Morgan fingerprint density at radius 2 is 1.79 bits per heavy atom. The van der Waals surface area contributed by atoms with E-state index >= 15 is 0 Å². The first-order chi connectivity index (χ1) is 15.9. The van der Waals surface area contributed by atoms with Crippen LogP contribution < -0.4 is 16.4 Å². The molecule has 0 saturated carbocycles. The summed E-state index contributed by atoms with van der Waals surface area (Å²) in [4.78, 5) is 35.4. The third-order valence-electron chi connectivity index (χ3n) is 5.12. The number of nitrogens with two attached hydrogens (primary N) is 1. The Balaban J connectivity index is 1.35. The molecule has 4 N–H and O–H groups in total. The van der Waals surface area contributed by atoms with Crippen molar-refractivity contribution in [3.05, 3.63) is 77.6 Å². The average Bonchev–Trinajstić information content (AvgIpc) is 3.25. The van der Waals surface area contributed by atoms with E-state index in [2.05, 4.69) is 40.0 Å². The van der Waals surface area contributed by atoms with Gasteiger partial charge in [-0.1, -0.05) is 48.5 Å². The van der Waals surface area contributed by atoms with Crippen molar-refractivity contribution >= 4 is 23.4 Å². The quantitative estimate of drug-likeness (QED) is 0.415. The highest BCUT2D eigenvalue weighted by molar-refractivity contribution is 5.96. The van der Waals surface area contributed by atoms with Crippen molar-refractivity contribution in [2.24, 2.45) is 5.73 Å². The SMILES string of the molecule is CC(Cn1cc(CNC(=O)CCCC(=O)Nc2cccc(C(N)=O)c2)nn1)c1ccccc1. The molecule has 3 aromatic rings. The maximum Gasteiger partial charge on any atom is 0.248 e. The van der Waals surface area contributed by atoms with Crippen LogP contribution in [0.2, 0.25) is 0 Å². The largest absolute Gasteiger partial charge is 0.366 e. The maximum absolute atomic E-state index is 12.1. The van der Waals surface area contributed by atoms with Gasteiger partial charge in [-0.2, -0.15) is 0 Å². The molecule has 3 amide bonds. The molecule has 0 bridgehead atoms. The van der Waals surface area contributed by atoms with Gasteiger partial charge in [-0.05, 0) is 30.2 Å². The minimum Gasteiger partial charge on any atom is -0.366 e. The smallest absolute Gasteiger partial charge is 0.248 e. The van der Waals surface area contributed by atoms with Crippen LogP contribution in [0.1, 0.15) is 53.7 Å². The number of benzene rings is 2. The monoisotopic (exact) mass is 448 g/mol. The number of carbonyl (C=O) groups is 3. The van der Waals surface area contributed by atoms with Gasteiger partial charge in [-0.15, -0.1) is 5.10 Å². The van der Waals surface area contributed by atoms with Crippen molar-refractivity contribution in [3.63, 3.8) is 0 Å². The van der Waals surface area contributed by atoms with E-state index < -0.39 is 5.91 Å². The molecule has 0 fully saturated rings. The number of hydrogen-bond acceptors (Lipinski definition) is 5. The van der Waals surface area contributed by atoms with Gasteiger partial charge in [0.25, 0.3) is 0 Å². The molecule has 0 aliphatic carbocycles. The number of aromatic nitrogens is 3. The lowest BCUT2D eigenvalue weighted by atomic mass is 10.0. The molecule has 0 aliphatic rings. The molecular formula is C24H28N6O3. The minimum absolute atomic E-state index is 0.161. The third-order valence-corrected chi connectivity index (χ3v) is 5.12. The zero-order valence-corrected chi connectivity index (χ0v) is 18.5. The second-order valence-electron chi connectivity index (χ2n) is 7.87. The molecule has 0 spiro atoms. The van der Waals surface area contributed by atoms with E-state index in [1.807, 2.05) is 24.4 Å². The van der Waals surface area contributed by atoms with Crippen LogP contribution in [-0.2, 0) is 22.7 Å². The number of rotatable bonds is 11. The second kappa shape index (κ2) is 11.6. The minimum atomic E-state index is -0.562. The number of primary amides is 1. The van der Waals surface area contributed by atoms with Gasteiger partial charge in [-0.25, -0.2) is 0 Å². The number of anilines is 1. The first-order valence-electron chi connectivity index (χ1n) is 10.8. The molecular weight excluding hydrogens is 420 g/mol. The molecule has 1 aromatic heterocycles. The Morgan fingerprint density at radius 3 is 2.55 bits per heavy atom. The van der Waals surface area contributed by atoms with E-state index in [-0.39, 0.29) is 31.2 Å². The molecule has 9 heteroatoms. The molecule has 9 nitrogen and oxygen atoms in total. The third kappa shape index (κ3) is 7.57. The normalized spacial score (nSPS) is 11.5. The Kier molecular flexibility index (Phi) is 8.29. The van der Waals surface area contributed by atoms with E-state index in [1.54, 1.807) is 22.9 Å². The summed E-state index contributed by atoms with van der Waals surface area (Å²) >= 11 is 0. The molecule has 1 unspecified atom stereocenters. The van der Waals surface area contributed by atoms with Crippen molar-refractivity contribution in [1.82, 2.24) is 20.3 Å². The Labute approximate surface area is 192 Å². The summed E-state index contributed by atoms with van der Waals surface area (Å²) in [5, 5.41) is 13.7. The topological polar surface area (TPSA) is 132 Å². The molecule has 0 aliphatic heterocycles. The van der Waals surface area contributed by atoms with Crippen LogP contribution >= 0.6 is 0 Å². The lowest BCUT2D eigenvalue weighted by Gasteiger charge is -2.10. The zero-order chi connectivity index (χ0) is 23.6. The lowest BCUT2D eigenvalue weighted by Crippen LogP contribution is -2.23. The fraction of sp³-hybridized carbons (Fsp3) is 0.292. The van der Waals surface area contributed by atoms with E-state index in [0.29, 0.717) is 35.8 Å². The van der Waals surface area contributed by atoms with Gasteiger partial charge < -0.3 is 16.4 Å². The number of hydrogen-bond donors (Lipinski definition) is 3. The first-order valence-corrected chi connectivity index (χ1v) is 10.8. The van der Waals surface area contributed by atoms with Gasteiger partial charge in [-0.3, -0.25) is 19.1 Å². The zero-order valence-electron chi connectivity index (χ0n) is 18.5. The molecule has 3 rings (SSSR count). The van der Waals surface area contributed by atoms with Crippen LogP contribution in [0.25, 0.3) is 0 Å². The Hall–Kier alpha value is -4.01. The molecule has 0 saturated heterocycles. The van der Waals surface area contributed by atoms with Crippen LogP contribution in [0.4, 0.5) is 5.69 Å². The van der Waals surface area contributed by atoms with Crippen LogP contribution in [0.15, 0.2) is 60.8 Å². The fourth-order valence-corrected chi connectivity index (χ4v) is 3.34. The van der Waals surface area contributed by atoms with Crippen molar-refractivity contribution in [1.29, 1.82) is 0 Å². The number of carbonyl (C=O) groups excluding carboxylic acids is 3. The van der Waals surface area contributed by atoms with Gasteiger partial charge in [0.05, 0.1) is 12.7 Å². The van der Waals surface area contributed by atoms with Gasteiger partial charge in [0.15, 0.2) is 0 Å². The van der Waals surface area contributed by atoms with Crippen LogP contribution in [-0.4, -0.2) is 32.7 Å². The van der Waals surface area contributed by atoms with Crippen LogP contribution in [0.3, 0.4) is 0 Å². The summed E-state index contributed by atoms with van der Waals surface area (Å²) in [6, 6.07) is 16.6. The summed E-state index contributed by atoms with van der Waals surface area (Å²) in [5.74, 6) is -0.668. The summed E-state index contributed by atoms with van der Waals surface area (Å²) in [7, 11) is 0. The van der Waals surface area contributed by atoms with Crippen LogP contribution in [0, 0.1) is 0 Å². The van der Waals surface area contributed by atoms with E-state index in [0.717, 1.165) is 0 Å². The second-order valence-corrected chi connectivity index (χ2v) is 7.87. The lowest BCUT2D eigenvalue weighted by molar-refractivity contribution is -0.121. The Morgan fingerprint density at radius 1 is 1.03 bits per heavy atom. The van der Waals surface area contributed by atoms with Crippen molar-refractivity contribution in [2.75, 3.05) is 5.32 Å². The van der Waals surface area contributed by atoms with Crippen molar-refractivity contribution < 1.29 is 14.4 Å². The molecule has 33 heavy (non-hydrogen) atoms. The molecule has 1 atom stereocenters. The summed E-state index contributed by atoms with van der Waals surface area (Å²) in [5.41, 5.74) is 7.95. The summed E-state index contributed by atoms with van der Waals surface area (Å²) in [6.45, 7) is 3.11. The Bertz CT molecular complexity index is 1100. The highest BCUT2D eigenvalue weighted by atomic mass is 16.2. The standard InChI is InChI=1S/C24H28N6O3/c1-17(18-7-3-2-4-8-18)15-30-16-21(28-29-30)14-26-22(31)11-6-12-23(32)27-20-10-5-9-19(13-20)24(25)33/h2-5,7-10,13,16-17H,6,11-12,14-15H2,1H3,(H2,25,33)(H,26,31)(H,27,32). The predicted molar refractivity (Wildman–Crippen MR) is 124 cm³/mol. The van der Waals surface area contributed by atoms with Gasteiger partial charge >= 0.3 is 0 Å². The molecule has 2 aromatic carbocycles. The molecule has 1 heterocycles. The maximum atomic E-state index is 12.1. The summed E-state index contributed by atoms with van der Waals surface area (Å²) in [6.07, 6.45) is 2.62. The number of nitrogens with zero attached hydrogens (tertiary/aromatic N) is 3. The number of nitrogens with one attached hydrogen (secondary N) is 2. The van der Waals surface area contributed by atoms with Crippen molar-refractivity contribution in [2.45, 2.75) is 45.2 Å². The van der Waals surface area contributed by atoms with E-state index in [4.69, 9.17) is 5.73 Å². The van der Waals surface area contributed by atoms with Crippen LogP contribution in [0.5, 0.6) is 0 Å². The van der Waals surface area contributed by atoms with E-state index in [1.165, 1.54) is 11.6 Å².